The van der Waals surface area contributed by atoms with Crippen molar-refractivity contribution < 1.29 is 9.59 Å². The Morgan fingerprint density at radius 1 is 0.538 bits per heavy atom. The molecule has 3 heterocycles. The van der Waals surface area contributed by atoms with Gasteiger partial charge >= 0.3 is 0 Å². The Morgan fingerprint density at radius 2 is 0.846 bits per heavy atom. The number of hydrogen-bond donors (Lipinski definition) is 0. The average molecular weight is 526 g/mol. The van der Waals surface area contributed by atoms with Gasteiger partial charge in [-0.05, 0) is 33.4 Å². The lowest BCUT2D eigenvalue weighted by molar-refractivity contribution is -0.138. The van der Waals surface area contributed by atoms with Crippen molar-refractivity contribution in [3.8, 4) is 0 Å². The van der Waals surface area contributed by atoms with Crippen LogP contribution in [0.3, 0.4) is 0 Å². The predicted octanol–water partition coefficient (Wildman–Crippen LogP) is 6.52. The molecule has 2 bridgehead atoms. The molecule has 0 saturated carbocycles. The van der Waals surface area contributed by atoms with Crippen molar-refractivity contribution >= 4 is 31.0 Å². The fraction of sp³-hybridized carbons (Fsp3) is 0.200. The molecule has 192 valence electrons. The molecule has 4 atom stereocenters. The highest BCUT2D eigenvalue weighted by Crippen LogP contribution is 2.78. The van der Waals surface area contributed by atoms with Gasteiger partial charge in [0.05, 0.1) is 19.9 Å². The standard InChI is InChI=1S/C35H31NO2Si/c1-36-32(37)30-31(33(36)38)35(27-22-14-7-15-23-27)29(25-18-10-5-11-19-25)28(24-16-8-4-9-17-24)34(30,39(35,2)3)26-20-12-6-13-21-26/h4-23,30-31H,1-3H3/t30-,31+,34+,35-. The van der Waals surface area contributed by atoms with E-state index in [-0.39, 0.29) is 11.8 Å². The summed E-state index contributed by atoms with van der Waals surface area (Å²) >= 11 is 0. The molecule has 0 aromatic heterocycles. The lowest BCUT2D eigenvalue weighted by Gasteiger charge is -2.46. The summed E-state index contributed by atoms with van der Waals surface area (Å²) < 4.78 is 0. The molecule has 7 rings (SSSR count). The van der Waals surface area contributed by atoms with Crippen LogP contribution in [0.2, 0.25) is 13.1 Å². The Kier molecular flexibility index (Phi) is 5.08. The first-order valence-electron chi connectivity index (χ1n) is 13.7. The first-order valence-corrected chi connectivity index (χ1v) is 16.7. The third kappa shape index (κ3) is 2.67. The summed E-state index contributed by atoms with van der Waals surface area (Å²) in [4.78, 5) is 30.1. The molecule has 3 nitrogen and oxygen atoms in total. The molecule has 2 fully saturated rings. The van der Waals surface area contributed by atoms with E-state index in [2.05, 4.69) is 110 Å². The summed E-state index contributed by atoms with van der Waals surface area (Å²) in [6.07, 6.45) is 0. The maximum Gasteiger partial charge on any atom is 0.233 e. The number of carbonyl (C=O) groups excluding carboxylic acids is 2. The third-order valence-corrected chi connectivity index (χ3v) is 15.7. The molecular formula is C35H31NO2Si. The number of hydrogen-bond acceptors (Lipinski definition) is 2. The maximum atomic E-state index is 14.4. The second kappa shape index (κ2) is 8.24. The van der Waals surface area contributed by atoms with Gasteiger partial charge < -0.3 is 0 Å². The van der Waals surface area contributed by atoms with Gasteiger partial charge in [0, 0.05) is 17.1 Å². The van der Waals surface area contributed by atoms with E-state index < -0.39 is 30.0 Å². The molecule has 3 aliphatic rings. The van der Waals surface area contributed by atoms with Gasteiger partial charge in [-0.2, -0.15) is 0 Å². The zero-order valence-corrected chi connectivity index (χ0v) is 23.5. The first kappa shape index (κ1) is 24.0. The van der Waals surface area contributed by atoms with Crippen molar-refractivity contribution in [3.05, 3.63) is 144 Å². The van der Waals surface area contributed by atoms with E-state index in [1.807, 2.05) is 24.3 Å². The molecule has 0 radical (unpaired) electrons. The Labute approximate surface area is 230 Å². The second-order valence-corrected chi connectivity index (χ2v) is 16.5. The Bertz CT molecular complexity index is 1510. The van der Waals surface area contributed by atoms with Gasteiger partial charge in [0.15, 0.2) is 0 Å². The van der Waals surface area contributed by atoms with Gasteiger partial charge in [-0.3, -0.25) is 14.5 Å². The Hall–Kier alpha value is -4.02. The van der Waals surface area contributed by atoms with Gasteiger partial charge in [0.1, 0.15) is 0 Å². The van der Waals surface area contributed by atoms with E-state index in [1.54, 1.807) is 7.05 Å². The van der Waals surface area contributed by atoms with E-state index in [9.17, 15) is 9.59 Å². The molecule has 4 heteroatoms. The van der Waals surface area contributed by atoms with E-state index in [4.69, 9.17) is 0 Å². The third-order valence-electron chi connectivity index (χ3n) is 10.1. The fourth-order valence-electron chi connectivity index (χ4n) is 8.83. The van der Waals surface area contributed by atoms with Gasteiger partial charge in [-0.15, -0.1) is 0 Å². The van der Waals surface area contributed by atoms with Gasteiger partial charge in [-0.25, -0.2) is 0 Å². The number of fused-ring (bicyclic) bond motifs is 5. The van der Waals surface area contributed by atoms with Crippen molar-refractivity contribution in [2.24, 2.45) is 11.8 Å². The molecule has 3 aliphatic heterocycles. The molecule has 2 saturated heterocycles. The van der Waals surface area contributed by atoms with Crippen LogP contribution in [0.1, 0.15) is 22.3 Å². The smallest absolute Gasteiger partial charge is 0.233 e. The lowest BCUT2D eigenvalue weighted by atomic mass is 9.59. The average Bonchev–Trinajstić information content (AvgIpc) is 3.41. The summed E-state index contributed by atoms with van der Waals surface area (Å²) in [6, 6.07) is 42.4. The van der Waals surface area contributed by atoms with Gasteiger partial charge in [-0.1, -0.05) is 134 Å². The highest BCUT2D eigenvalue weighted by atomic mass is 28.3. The second-order valence-electron chi connectivity index (χ2n) is 11.6. The molecule has 4 aromatic rings. The van der Waals surface area contributed by atoms with Crippen LogP contribution in [0.5, 0.6) is 0 Å². The van der Waals surface area contributed by atoms with E-state index in [1.165, 1.54) is 16.0 Å². The summed E-state index contributed by atoms with van der Waals surface area (Å²) in [5.41, 5.74) is 7.00. The van der Waals surface area contributed by atoms with Crippen molar-refractivity contribution in [2.45, 2.75) is 23.2 Å². The number of rotatable bonds is 4. The number of amides is 2. The molecule has 0 spiro atoms. The van der Waals surface area contributed by atoms with Crippen molar-refractivity contribution in [3.63, 3.8) is 0 Å². The minimum absolute atomic E-state index is 0.0484. The van der Waals surface area contributed by atoms with Gasteiger partial charge in [0.2, 0.25) is 11.8 Å². The van der Waals surface area contributed by atoms with E-state index in [0.717, 1.165) is 22.3 Å². The largest absolute Gasteiger partial charge is 0.285 e. The maximum absolute atomic E-state index is 14.4. The van der Waals surface area contributed by atoms with Crippen LogP contribution < -0.4 is 0 Å². The molecule has 0 unspecified atom stereocenters. The number of carbonyl (C=O) groups is 2. The van der Waals surface area contributed by atoms with Crippen molar-refractivity contribution in [1.82, 2.24) is 4.90 Å². The molecule has 39 heavy (non-hydrogen) atoms. The zero-order chi connectivity index (χ0) is 27.0. The summed E-state index contributed by atoms with van der Waals surface area (Å²) in [7, 11) is -0.982. The predicted molar refractivity (Wildman–Crippen MR) is 158 cm³/mol. The van der Waals surface area contributed by atoms with Crippen LogP contribution >= 0.6 is 0 Å². The van der Waals surface area contributed by atoms with Crippen molar-refractivity contribution in [2.75, 3.05) is 7.05 Å². The summed E-state index contributed by atoms with van der Waals surface area (Å²) in [5, 5.41) is -1.20. The van der Waals surface area contributed by atoms with Crippen LogP contribution in [0.15, 0.2) is 121 Å². The number of likely N-dealkylation sites (tertiary alicyclic amines) is 1. The normalized spacial score (nSPS) is 28.7. The molecule has 0 N–H and O–H groups in total. The molecular weight excluding hydrogens is 494 g/mol. The Balaban J connectivity index is 1.77. The lowest BCUT2D eigenvalue weighted by Crippen LogP contribution is -2.59. The molecule has 4 aromatic carbocycles. The highest BCUT2D eigenvalue weighted by molar-refractivity contribution is 6.91. The minimum atomic E-state index is -2.66. The van der Waals surface area contributed by atoms with E-state index >= 15 is 0 Å². The SMILES string of the molecule is CN1C(=O)[C@@H]2[C@H](C1=O)[C@]1(c3ccccc3)C(c3ccccc3)=C(c3ccccc3)[C@@]2(c2ccccc2)[Si]1(C)C. The van der Waals surface area contributed by atoms with Crippen LogP contribution in [0.4, 0.5) is 0 Å². The highest BCUT2D eigenvalue weighted by Gasteiger charge is 2.85. The quantitative estimate of drug-likeness (QED) is 0.225. The van der Waals surface area contributed by atoms with Crippen LogP contribution in [-0.2, 0) is 19.7 Å². The molecule has 2 amide bonds. The number of imide groups is 1. The minimum Gasteiger partial charge on any atom is -0.285 e. The monoisotopic (exact) mass is 525 g/mol. The van der Waals surface area contributed by atoms with Gasteiger partial charge in [0.25, 0.3) is 0 Å². The van der Waals surface area contributed by atoms with Crippen LogP contribution in [0, 0.1) is 11.8 Å². The number of benzene rings is 4. The van der Waals surface area contributed by atoms with Crippen LogP contribution in [-0.4, -0.2) is 31.8 Å². The fourth-order valence-corrected chi connectivity index (χ4v) is 15.1. The summed E-state index contributed by atoms with van der Waals surface area (Å²) in [5.74, 6) is -1.01. The van der Waals surface area contributed by atoms with E-state index in [0.29, 0.717) is 0 Å². The topological polar surface area (TPSA) is 37.4 Å². The Morgan fingerprint density at radius 3 is 1.18 bits per heavy atom. The first-order chi connectivity index (χ1) is 18.9. The zero-order valence-electron chi connectivity index (χ0n) is 22.5. The molecule has 0 aliphatic carbocycles. The van der Waals surface area contributed by atoms with Crippen LogP contribution in [0.25, 0.3) is 11.1 Å². The number of nitrogens with zero attached hydrogens (tertiary/aromatic N) is 1. The summed E-state index contributed by atoms with van der Waals surface area (Å²) in [6.45, 7) is 4.87. The van der Waals surface area contributed by atoms with Crippen molar-refractivity contribution in [1.29, 1.82) is 0 Å². The number of allylic oxidation sites excluding steroid dienone is 2.